The van der Waals surface area contributed by atoms with Gasteiger partial charge in [0.2, 0.25) is 0 Å². The zero-order valence-electron chi connectivity index (χ0n) is 9.74. The molecule has 1 radical (unpaired) electrons. The number of aliphatic hydroxyl groups is 1. The van der Waals surface area contributed by atoms with E-state index in [0.29, 0.717) is 0 Å². The van der Waals surface area contributed by atoms with Gasteiger partial charge >= 0.3 is 0 Å². The molecule has 0 bridgehead atoms. The molecule has 0 aromatic carbocycles. The van der Waals surface area contributed by atoms with Crippen LogP contribution < -0.4 is 0 Å². The summed E-state index contributed by atoms with van der Waals surface area (Å²) < 4.78 is 0. The van der Waals surface area contributed by atoms with E-state index in [2.05, 4.69) is 26.5 Å². The van der Waals surface area contributed by atoms with E-state index in [0.717, 1.165) is 6.42 Å². The predicted octanol–water partition coefficient (Wildman–Crippen LogP) is 3.01. The summed E-state index contributed by atoms with van der Waals surface area (Å²) in [6, 6.07) is 0. The van der Waals surface area contributed by atoms with Gasteiger partial charge in [0.1, 0.15) is 0 Å². The van der Waals surface area contributed by atoms with E-state index in [9.17, 15) is 4.79 Å². The van der Waals surface area contributed by atoms with E-state index in [1.807, 2.05) is 0 Å². The van der Waals surface area contributed by atoms with E-state index < -0.39 is 0 Å². The molecule has 1 N–H and O–H groups in total. The van der Waals surface area contributed by atoms with Crippen LogP contribution in [0.2, 0.25) is 0 Å². The molecule has 0 saturated heterocycles. The quantitative estimate of drug-likeness (QED) is 0.416. The van der Waals surface area contributed by atoms with Crippen LogP contribution in [0.3, 0.4) is 0 Å². The largest absolute Gasteiger partial charge is 0.396 e. The number of hydrogen-bond donors (Lipinski definition) is 2. The number of rotatable bonds is 7. The van der Waals surface area contributed by atoms with Crippen molar-refractivity contribution >= 4 is 17.7 Å². The second kappa shape index (κ2) is 20.7. The topological polar surface area (TPSA) is 37.3 Å². The summed E-state index contributed by atoms with van der Waals surface area (Å²) in [4.78, 5) is 9.75. The van der Waals surface area contributed by atoms with Crippen LogP contribution in [-0.2, 0) is 4.79 Å². The third kappa shape index (κ3) is 31.3. The molecule has 0 saturated carbocycles. The second-order valence-corrected chi connectivity index (χ2v) is 3.63. The molecule has 89 valence electrons. The van der Waals surface area contributed by atoms with Crippen molar-refractivity contribution in [2.75, 3.05) is 6.61 Å². The Morgan fingerprint density at radius 1 is 1.27 bits per heavy atom. The van der Waals surface area contributed by atoms with Crippen LogP contribution in [0.15, 0.2) is 0 Å². The number of carbonyl (C=O) groups excluding carboxylic acids is 1. The van der Waals surface area contributed by atoms with Gasteiger partial charge in [0.05, 0.1) is 6.61 Å². The maximum atomic E-state index is 9.75. The zero-order valence-corrected chi connectivity index (χ0v) is 14.3. The van der Waals surface area contributed by atoms with Crippen molar-refractivity contribution in [3.05, 3.63) is 6.92 Å². The van der Waals surface area contributed by atoms with Gasteiger partial charge in [-0.05, 0) is 0 Å². The van der Waals surface area contributed by atoms with Crippen molar-refractivity contribution in [1.29, 1.82) is 0 Å². The van der Waals surface area contributed by atoms with Crippen LogP contribution in [0.25, 0.3) is 0 Å². The summed E-state index contributed by atoms with van der Waals surface area (Å²) in [5, 5.41) is 7.70. The van der Waals surface area contributed by atoms with E-state index in [4.69, 9.17) is 5.11 Å². The number of thiol groups is 1. The molecule has 2 nitrogen and oxygen atoms in total. The van der Waals surface area contributed by atoms with Crippen molar-refractivity contribution in [3.63, 3.8) is 0 Å². The first-order chi connectivity index (χ1) is 6.68. The first kappa shape index (κ1) is 21.6. The maximum absolute atomic E-state index is 9.75. The first-order valence-electron chi connectivity index (χ1n) is 5.30. The first-order valence-corrected chi connectivity index (χ1v) is 5.75. The van der Waals surface area contributed by atoms with Gasteiger partial charge in [0, 0.05) is 47.7 Å². The molecule has 0 aliphatic rings. The smallest absolute Gasteiger partial charge is 0.188 e. The van der Waals surface area contributed by atoms with Gasteiger partial charge in [-0.2, -0.15) is 6.42 Å². The van der Waals surface area contributed by atoms with E-state index in [-0.39, 0.29) is 59.4 Å². The Balaban J connectivity index is -0.000000187. The summed E-state index contributed by atoms with van der Waals surface area (Å²) in [7, 11) is 0. The van der Waals surface area contributed by atoms with Crippen molar-refractivity contribution < 1.29 is 51.2 Å². The molecule has 0 unspecified atom stereocenters. The maximum Gasteiger partial charge on any atom is 0.188 e. The van der Waals surface area contributed by atoms with Gasteiger partial charge in [-0.25, -0.2) is 0 Å². The molecular formula is C11H23O2PrS-. The van der Waals surface area contributed by atoms with Crippen molar-refractivity contribution in [2.45, 2.75) is 51.9 Å². The average Bonchev–Trinajstić information content (AvgIpc) is 2.13. The third-order valence-corrected chi connectivity index (χ3v) is 1.90. The van der Waals surface area contributed by atoms with Gasteiger partial charge in [-0.1, -0.05) is 39.0 Å². The average molecular weight is 360 g/mol. The molecule has 0 amide bonds. The van der Waals surface area contributed by atoms with Gasteiger partial charge in [-0.15, -0.1) is 12.6 Å². The fourth-order valence-electron chi connectivity index (χ4n) is 0.876. The molecule has 0 fully saturated rings. The number of hydrogen-bond acceptors (Lipinski definition) is 2. The van der Waals surface area contributed by atoms with Crippen LogP contribution in [0.5, 0.6) is 0 Å². The second-order valence-electron chi connectivity index (χ2n) is 3.14. The van der Waals surface area contributed by atoms with Crippen molar-refractivity contribution in [3.8, 4) is 0 Å². The van der Waals surface area contributed by atoms with Gasteiger partial charge in [0.25, 0.3) is 0 Å². The Morgan fingerprint density at radius 2 is 1.80 bits per heavy atom. The number of unbranched alkanes of at least 4 members (excludes halogenated alkanes) is 5. The number of carbonyl (C=O) groups is 1. The molecule has 0 aromatic heterocycles. The fourth-order valence-corrected chi connectivity index (χ4v) is 0.976. The minimum atomic E-state index is -0.266. The summed E-state index contributed by atoms with van der Waals surface area (Å²) in [6.45, 7) is 5.93. The third-order valence-electron chi connectivity index (χ3n) is 1.68. The van der Waals surface area contributed by atoms with Crippen LogP contribution in [0.4, 0.5) is 0 Å². The molecule has 0 rings (SSSR count). The zero-order chi connectivity index (χ0) is 11.2. The van der Waals surface area contributed by atoms with E-state index in [1.54, 1.807) is 0 Å². The Labute approximate surface area is 133 Å². The Hall–Kier alpha value is 1.34. The standard InChI is InChI=1S/C8H17.C3H6O2S.Pr/c1-3-5-7-8-6-4-2;4-2-1-3(5)6;/h1,3-8H2,2H3;4H,1-2H2,(H,5,6);/q-1;;. The predicted molar refractivity (Wildman–Crippen MR) is 64.4 cm³/mol. The summed E-state index contributed by atoms with van der Waals surface area (Å²) >= 11 is 3.38. The molecule has 0 atom stereocenters. The van der Waals surface area contributed by atoms with Crippen molar-refractivity contribution in [2.24, 2.45) is 0 Å². The Morgan fingerprint density at radius 3 is 2.07 bits per heavy atom. The minimum absolute atomic E-state index is 0. The monoisotopic (exact) mass is 360 g/mol. The number of aliphatic hydroxyl groups excluding tert-OH is 1. The van der Waals surface area contributed by atoms with E-state index >= 15 is 0 Å². The summed E-state index contributed by atoms with van der Waals surface area (Å²) in [5.41, 5.74) is 0. The van der Waals surface area contributed by atoms with Gasteiger partial charge in [-0.3, -0.25) is 4.79 Å². The molecule has 0 aliphatic heterocycles. The molecule has 0 aliphatic carbocycles. The molecule has 0 aromatic rings. The molecule has 0 spiro atoms. The SMILES string of the molecule is O=C(S)CCO.[CH2-]CCCCCCC.[Pr]. The molecular weight excluding hydrogens is 337 g/mol. The molecule has 0 heterocycles. The van der Waals surface area contributed by atoms with Crippen LogP contribution >= 0.6 is 12.6 Å². The van der Waals surface area contributed by atoms with Crippen LogP contribution in [0, 0.1) is 48.2 Å². The van der Waals surface area contributed by atoms with Gasteiger partial charge < -0.3 is 12.0 Å². The Bertz CT molecular complexity index is 115. The van der Waals surface area contributed by atoms with Crippen LogP contribution in [0.1, 0.15) is 51.9 Å². The van der Waals surface area contributed by atoms with E-state index in [1.165, 1.54) is 32.1 Å². The summed E-state index contributed by atoms with van der Waals surface area (Å²) in [6.07, 6.45) is 8.13. The summed E-state index contributed by atoms with van der Waals surface area (Å²) in [5.74, 6) is 0. The molecule has 15 heavy (non-hydrogen) atoms. The van der Waals surface area contributed by atoms with Crippen molar-refractivity contribution in [1.82, 2.24) is 0 Å². The normalized spacial score (nSPS) is 8.53. The fraction of sp³-hybridized carbons (Fsp3) is 0.818. The van der Waals surface area contributed by atoms with Crippen LogP contribution in [-0.4, -0.2) is 16.8 Å². The Kier molecular flexibility index (Phi) is 29.8. The van der Waals surface area contributed by atoms with Gasteiger partial charge in [0.15, 0.2) is 5.12 Å². The minimum Gasteiger partial charge on any atom is -0.396 e. The molecule has 4 heteroatoms.